The number of hydrogen-bond acceptors (Lipinski definition) is 3. The maximum Gasteiger partial charge on any atom is 0.0194 e. The average molecular weight is 203 g/mol. The van der Waals surface area contributed by atoms with Crippen LogP contribution < -0.4 is 0 Å². The van der Waals surface area contributed by atoms with E-state index in [-0.39, 0.29) is 0 Å². The van der Waals surface area contributed by atoms with Crippen LogP contribution in [0.3, 0.4) is 0 Å². The summed E-state index contributed by atoms with van der Waals surface area (Å²) >= 11 is 6.19. The van der Waals surface area contributed by atoms with Crippen molar-refractivity contribution < 1.29 is 0 Å². The lowest BCUT2D eigenvalue weighted by Crippen LogP contribution is -2.31. The fourth-order valence-electron chi connectivity index (χ4n) is 1.33. The molecule has 1 nitrogen and oxygen atoms in total. The summed E-state index contributed by atoms with van der Waals surface area (Å²) in [6.07, 6.45) is 5.67. The normalized spacial score (nSPS) is 24.4. The van der Waals surface area contributed by atoms with Gasteiger partial charge in [-0.05, 0) is 19.2 Å². The van der Waals surface area contributed by atoms with Crippen molar-refractivity contribution in [1.82, 2.24) is 4.90 Å². The second-order valence-electron chi connectivity index (χ2n) is 3.11. The summed E-state index contributed by atoms with van der Waals surface area (Å²) in [5, 5.41) is 0. The Hall–Kier alpha value is 0.400. The molecule has 1 fully saturated rings. The molecule has 0 aliphatic carbocycles. The van der Waals surface area contributed by atoms with E-state index in [9.17, 15) is 0 Å². The molecule has 3 heteroatoms. The number of nitrogens with zero attached hydrogens (tertiary/aromatic N) is 1. The van der Waals surface area contributed by atoms with Gasteiger partial charge in [-0.3, -0.25) is 4.90 Å². The number of rotatable bonds is 4. The standard InChI is InChI=1S/C9H17NS2/c1-10(5-2-3-6-11)9-4-7-12-8-9/h2-3,9,11H,4-8H2,1H3. The first kappa shape index (κ1) is 10.5. The van der Waals surface area contributed by atoms with Crippen LogP contribution in [-0.2, 0) is 0 Å². The highest BCUT2D eigenvalue weighted by Gasteiger charge is 2.18. The molecule has 0 bridgehead atoms. The third-order valence-corrected chi connectivity index (χ3v) is 3.55. The van der Waals surface area contributed by atoms with E-state index in [1.54, 1.807) is 0 Å². The Kier molecular flexibility index (Phi) is 5.19. The quantitative estimate of drug-likeness (QED) is 0.549. The van der Waals surface area contributed by atoms with Crippen molar-refractivity contribution >= 4 is 24.4 Å². The van der Waals surface area contributed by atoms with Gasteiger partial charge in [-0.1, -0.05) is 12.2 Å². The average Bonchev–Trinajstić information content (AvgIpc) is 2.56. The molecule has 0 spiro atoms. The van der Waals surface area contributed by atoms with E-state index in [1.807, 2.05) is 0 Å². The summed E-state index contributed by atoms with van der Waals surface area (Å²) in [5.41, 5.74) is 0. The molecule has 0 amide bonds. The highest BCUT2D eigenvalue weighted by atomic mass is 32.2. The second-order valence-corrected chi connectivity index (χ2v) is 4.63. The lowest BCUT2D eigenvalue weighted by Gasteiger charge is -2.21. The number of likely N-dealkylation sites (N-methyl/N-ethyl adjacent to an activating group) is 1. The minimum absolute atomic E-state index is 0.805. The van der Waals surface area contributed by atoms with Crippen LogP contribution in [0.4, 0.5) is 0 Å². The fraction of sp³-hybridized carbons (Fsp3) is 0.778. The van der Waals surface area contributed by atoms with Crippen LogP contribution in [0, 0.1) is 0 Å². The highest BCUT2D eigenvalue weighted by molar-refractivity contribution is 7.99. The first-order chi connectivity index (χ1) is 5.84. The van der Waals surface area contributed by atoms with Crippen LogP contribution in [0.15, 0.2) is 12.2 Å². The molecule has 70 valence electrons. The zero-order valence-corrected chi connectivity index (χ0v) is 9.28. The van der Waals surface area contributed by atoms with Crippen LogP contribution in [0.2, 0.25) is 0 Å². The fourth-order valence-corrected chi connectivity index (χ4v) is 2.78. The summed E-state index contributed by atoms with van der Waals surface area (Å²) in [6, 6.07) is 0.805. The van der Waals surface area contributed by atoms with E-state index in [0.717, 1.165) is 18.3 Å². The van der Waals surface area contributed by atoms with Gasteiger partial charge in [0.05, 0.1) is 0 Å². The van der Waals surface area contributed by atoms with Crippen LogP contribution in [0.1, 0.15) is 6.42 Å². The molecule has 1 saturated heterocycles. The molecule has 1 aliphatic rings. The van der Waals surface area contributed by atoms with Crippen LogP contribution in [-0.4, -0.2) is 41.8 Å². The van der Waals surface area contributed by atoms with E-state index < -0.39 is 0 Å². The molecule has 0 aromatic heterocycles. The van der Waals surface area contributed by atoms with E-state index in [1.165, 1.54) is 17.9 Å². The zero-order valence-electron chi connectivity index (χ0n) is 7.57. The zero-order chi connectivity index (χ0) is 8.81. The molecular formula is C9H17NS2. The van der Waals surface area contributed by atoms with Gasteiger partial charge in [0.15, 0.2) is 0 Å². The van der Waals surface area contributed by atoms with E-state index in [0.29, 0.717) is 0 Å². The summed E-state index contributed by atoms with van der Waals surface area (Å²) in [6.45, 7) is 1.08. The van der Waals surface area contributed by atoms with Gasteiger partial charge in [0.2, 0.25) is 0 Å². The van der Waals surface area contributed by atoms with E-state index >= 15 is 0 Å². The molecule has 1 heterocycles. The van der Waals surface area contributed by atoms with Crippen molar-refractivity contribution in [2.75, 3.05) is 30.9 Å². The highest BCUT2D eigenvalue weighted by Crippen LogP contribution is 2.20. The third-order valence-electron chi connectivity index (χ3n) is 2.19. The van der Waals surface area contributed by atoms with Crippen molar-refractivity contribution in [2.24, 2.45) is 0 Å². The molecule has 0 radical (unpaired) electrons. The molecule has 1 rings (SSSR count). The maximum absolute atomic E-state index is 4.12. The Morgan fingerprint density at radius 2 is 2.42 bits per heavy atom. The van der Waals surface area contributed by atoms with Crippen molar-refractivity contribution in [3.05, 3.63) is 12.2 Å². The minimum Gasteiger partial charge on any atom is -0.299 e. The predicted octanol–water partition coefficient (Wildman–Crippen LogP) is 1.91. The summed E-state index contributed by atoms with van der Waals surface area (Å²) < 4.78 is 0. The summed E-state index contributed by atoms with van der Waals surface area (Å²) in [4.78, 5) is 2.43. The lowest BCUT2D eigenvalue weighted by molar-refractivity contribution is 0.290. The van der Waals surface area contributed by atoms with E-state index in [2.05, 4.69) is 48.5 Å². The molecule has 0 aromatic rings. The van der Waals surface area contributed by atoms with Crippen molar-refractivity contribution in [2.45, 2.75) is 12.5 Å². The van der Waals surface area contributed by atoms with Crippen LogP contribution >= 0.6 is 24.4 Å². The van der Waals surface area contributed by atoms with Gasteiger partial charge in [0, 0.05) is 24.1 Å². The predicted molar refractivity (Wildman–Crippen MR) is 61.4 cm³/mol. The molecule has 0 N–H and O–H groups in total. The maximum atomic E-state index is 4.12. The SMILES string of the molecule is CN(CC=CCS)C1CCSC1. The summed E-state index contributed by atoms with van der Waals surface area (Å²) in [5.74, 6) is 3.50. The van der Waals surface area contributed by atoms with Gasteiger partial charge < -0.3 is 0 Å². The van der Waals surface area contributed by atoms with Gasteiger partial charge in [-0.15, -0.1) is 0 Å². The number of thioether (sulfide) groups is 1. The first-order valence-electron chi connectivity index (χ1n) is 4.38. The third kappa shape index (κ3) is 3.42. The van der Waals surface area contributed by atoms with Gasteiger partial charge in [0.25, 0.3) is 0 Å². The number of thiol groups is 1. The second kappa shape index (κ2) is 5.95. The molecule has 1 unspecified atom stereocenters. The van der Waals surface area contributed by atoms with Crippen molar-refractivity contribution in [1.29, 1.82) is 0 Å². The van der Waals surface area contributed by atoms with Gasteiger partial charge >= 0.3 is 0 Å². The van der Waals surface area contributed by atoms with Crippen molar-refractivity contribution in [3.63, 3.8) is 0 Å². The molecule has 1 aliphatic heterocycles. The topological polar surface area (TPSA) is 3.24 Å². The molecule has 0 saturated carbocycles. The number of hydrogen-bond donors (Lipinski definition) is 1. The Morgan fingerprint density at radius 3 is 3.00 bits per heavy atom. The molecular weight excluding hydrogens is 186 g/mol. The Balaban J connectivity index is 2.17. The lowest BCUT2D eigenvalue weighted by atomic mass is 10.2. The first-order valence-corrected chi connectivity index (χ1v) is 6.17. The molecule has 1 atom stereocenters. The summed E-state index contributed by atoms with van der Waals surface area (Å²) in [7, 11) is 2.21. The van der Waals surface area contributed by atoms with Gasteiger partial charge in [0.1, 0.15) is 0 Å². The molecule has 0 aromatic carbocycles. The smallest absolute Gasteiger partial charge is 0.0194 e. The van der Waals surface area contributed by atoms with Crippen molar-refractivity contribution in [3.8, 4) is 0 Å². The Labute approximate surface area is 85.0 Å². The largest absolute Gasteiger partial charge is 0.299 e. The van der Waals surface area contributed by atoms with E-state index in [4.69, 9.17) is 0 Å². The Bertz CT molecular complexity index is 141. The Morgan fingerprint density at radius 1 is 1.58 bits per heavy atom. The van der Waals surface area contributed by atoms with Gasteiger partial charge in [-0.2, -0.15) is 24.4 Å². The minimum atomic E-state index is 0.805. The van der Waals surface area contributed by atoms with Crippen LogP contribution in [0.25, 0.3) is 0 Å². The molecule has 12 heavy (non-hydrogen) atoms. The van der Waals surface area contributed by atoms with Crippen LogP contribution in [0.5, 0.6) is 0 Å². The monoisotopic (exact) mass is 203 g/mol. The van der Waals surface area contributed by atoms with Gasteiger partial charge in [-0.25, -0.2) is 0 Å².